The van der Waals surface area contributed by atoms with Gasteiger partial charge in [-0.25, -0.2) is 4.98 Å². The van der Waals surface area contributed by atoms with Crippen molar-refractivity contribution >= 4 is 16.3 Å². The summed E-state index contributed by atoms with van der Waals surface area (Å²) in [5.74, 6) is 0. The Morgan fingerprint density at radius 2 is 2.35 bits per heavy atom. The summed E-state index contributed by atoms with van der Waals surface area (Å²) in [7, 11) is 0. The van der Waals surface area contributed by atoms with Gasteiger partial charge in [0.1, 0.15) is 6.10 Å². The summed E-state index contributed by atoms with van der Waals surface area (Å²) in [6.45, 7) is 0. The Morgan fingerprint density at radius 3 is 3.12 bits per heavy atom. The Bertz CT molecular complexity index is 590. The first-order chi connectivity index (χ1) is 8.33. The van der Waals surface area contributed by atoms with E-state index in [1.807, 2.05) is 22.2 Å². The number of fused-ring (bicyclic) bond motifs is 1. The Morgan fingerprint density at radius 1 is 1.41 bits per heavy atom. The van der Waals surface area contributed by atoms with Gasteiger partial charge in [0.25, 0.3) is 0 Å². The smallest absolute Gasteiger partial charge is 0.193 e. The van der Waals surface area contributed by atoms with Crippen molar-refractivity contribution in [2.24, 2.45) is 0 Å². The summed E-state index contributed by atoms with van der Waals surface area (Å²) < 4.78 is 1.95. The maximum atomic E-state index is 9.99. The predicted octanol–water partition coefficient (Wildman–Crippen LogP) is 1.46. The van der Waals surface area contributed by atoms with Gasteiger partial charge >= 0.3 is 0 Å². The van der Waals surface area contributed by atoms with Gasteiger partial charge in [0, 0.05) is 36.6 Å². The standard InChI is InChI=1S/C11H10N4OS/c16-10(9-6-12-1-2-13-9)5-8-7-15-3-4-17-11(15)14-8/h1-4,6-7,10,16H,5H2. The average molecular weight is 246 g/mol. The van der Waals surface area contributed by atoms with E-state index in [4.69, 9.17) is 0 Å². The Labute approximate surface area is 101 Å². The van der Waals surface area contributed by atoms with Crippen molar-refractivity contribution in [3.63, 3.8) is 0 Å². The second kappa shape index (κ2) is 4.23. The molecule has 3 aromatic rings. The normalized spacial score (nSPS) is 13.0. The third kappa shape index (κ3) is 2.04. The van der Waals surface area contributed by atoms with Crippen LogP contribution in [0.25, 0.3) is 4.96 Å². The van der Waals surface area contributed by atoms with Crippen LogP contribution in [0.1, 0.15) is 17.5 Å². The first-order valence-electron chi connectivity index (χ1n) is 5.18. The van der Waals surface area contributed by atoms with E-state index in [1.165, 1.54) is 0 Å². The number of nitrogens with zero attached hydrogens (tertiary/aromatic N) is 4. The second-order valence-electron chi connectivity index (χ2n) is 3.68. The van der Waals surface area contributed by atoms with E-state index in [9.17, 15) is 5.11 Å². The summed E-state index contributed by atoms with van der Waals surface area (Å²) in [5.41, 5.74) is 1.43. The van der Waals surface area contributed by atoms with E-state index in [0.29, 0.717) is 12.1 Å². The number of imidazole rings is 1. The molecule has 3 aromatic heterocycles. The van der Waals surface area contributed by atoms with Crippen LogP contribution in [0.5, 0.6) is 0 Å². The molecule has 0 spiro atoms. The van der Waals surface area contributed by atoms with Crippen LogP contribution < -0.4 is 0 Å². The molecular weight excluding hydrogens is 236 g/mol. The molecule has 0 amide bonds. The lowest BCUT2D eigenvalue weighted by Crippen LogP contribution is -2.04. The van der Waals surface area contributed by atoms with Gasteiger partial charge in [0.05, 0.1) is 17.6 Å². The zero-order valence-corrected chi connectivity index (χ0v) is 9.71. The molecule has 0 aliphatic carbocycles. The van der Waals surface area contributed by atoms with E-state index in [0.717, 1.165) is 10.7 Å². The third-order valence-electron chi connectivity index (χ3n) is 2.47. The molecule has 0 aliphatic rings. The molecular formula is C11H10N4OS. The fourth-order valence-electron chi connectivity index (χ4n) is 1.66. The molecule has 5 nitrogen and oxygen atoms in total. The predicted molar refractivity (Wildman–Crippen MR) is 63.8 cm³/mol. The van der Waals surface area contributed by atoms with E-state index >= 15 is 0 Å². The fourth-order valence-corrected chi connectivity index (χ4v) is 2.38. The largest absolute Gasteiger partial charge is 0.386 e. The van der Waals surface area contributed by atoms with Crippen molar-refractivity contribution in [1.82, 2.24) is 19.4 Å². The number of rotatable bonds is 3. The zero-order valence-electron chi connectivity index (χ0n) is 8.89. The van der Waals surface area contributed by atoms with Crippen LogP contribution in [-0.2, 0) is 6.42 Å². The van der Waals surface area contributed by atoms with Crippen LogP contribution in [0.3, 0.4) is 0 Å². The van der Waals surface area contributed by atoms with Crippen molar-refractivity contribution in [2.45, 2.75) is 12.5 Å². The highest BCUT2D eigenvalue weighted by molar-refractivity contribution is 7.15. The van der Waals surface area contributed by atoms with Crippen LogP contribution in [0.2, 0.25) is 0 Å². The van der Waals surface area contributed by atoms with Crippen molar-refractivity contribution in [3.8, 4) is 0 Å². The third-order valence-corrected chi connectivity index (χ3v) is 3.24. The van der Waals surface area contributed by atoms with E-state index in [2.05, 4.69) is 15.0 Å². The number of aromatic nitrogens is 4. The summed E-state index contributed by atoms with van der Waals surface area (Å²) in [4.78, 5) is 13.4. The minimum absolute atomic E-state index is 0.451. The van der Waals surface area contributed by atoms with Gasteiger partial charge in [-0.15, -0.1) is 11.3 Å². The van der Waals surface area contributed by atoms with Gasteiger partial charge in [0.2, 0.25) is 0 Å². The molecule has 1 unspecified atom stereocenters. The number of aliphatic hydroxyl groups excluding tert-OH is 1. The molecule has 0 aliphatic heterocycles. The first-order valence-corrected chi connectivity index (χ1v) is 6.06. The number of aliphatic hydroxyl groups is 1. The van der Waals surface area contributed by atoms with Crippen LogP contribution in [0, 0.1) is 0 Å². The Kier molecular flexibility index (Phi) is 2.58. The molecule has 3 heterocycles. The van der Waals surface area contributed by atoms with Gasteiger partial charge in [-0.3, -0.25) is 14.4 Å². The van der Waals surface area contributed by atoms with Gasteiger partial charge in [-0.1, -0.05) is 0 Å². The molecule has 1 atom stereocenters. The van der Waals surface area contributed by atoms with Crippen LogP contribution in [0.4, 0.5) is 0 Å². The zero-order chi connectivity index (χ0) is 11.7. The fraction of sp³-hybridized carbons (Fsp3) is 0.182. The highest BCUT2D eigenvalue weighted by atomic mass is 32.1. The van der Waals surface area contributed by atoms with Gasteiger partial charge in [0.15, 0.2) is 4.96 Å². The monoisotopic (exact) mass is 246 g/mol. The van der Waals surface area contributed by atoms with E-state index in [1.54, 1.807) is 29.9 Å². The Hall–Kier alpha value is -1.79. The molecule has 0 fully saturated rings. The van der Waals surface area contributed by atoms with Crippen LogP contribution in [-0.4, -0.2) is 24.5 Å². The van der Waals surface area contributed by atoms with Gasteiger partial charge in [-0.2, -0.15) is 0 Å². The molecule has 0 aromatic carbocycles. The maximum absolute atomic E-state index is 9.99. The quantitative estimate of drug-likeness (QED) is 0.760. The molecule has 0 saturated carbocycles. The minimum Gasteiger partial charge on any atom is -0.386 e. The summed E-state index contributed by atoms with van der Waals surface area (Å²) >= 11 is 1.57. The molecule has 0 bridgehead atoms. The van der Waals surface area contributed by atoms with Crippen molar-refractivity contribution < 1.29 is 5.11 Å². The van der Waals surface area contributed by atoms with E-state index in [-0.39, 0.29) is 0 Å². The topological polar surface area (TPSA) is 63.3 Å². The minimum atomic E-state index is -0.659. The average Bonchev–Trinajstić information content (AvgIpc) is 2.90. The van der Waals surface area contributed by atoms with Crippen molar-refractivity contribution in [1.29, 1.82) is 0 Å². The highest BCUT2D eigenvalue weighted by Gasteiger charge is 2.12. The van der Waals surface area contributed by atoms with Crippen LogP contribution in [0.15, 0.2) is 36.4 Å². The first kappa shape index (κ1) is 10.4. The van der Waals surface area contributed by atoms with Crippen molar-refractivity contribution in [2.75, 3.05) is 0 Å². The SMILES string of the molecule is OC(Cc1cn2ccsc2n1)c1cnccn1. The number of hydrogen-bond acceptors (Lipinski definition) is 5. The second-order valence-corrected chi connectivity index (χ2v) is 4.55. The molecule has 86 valence electrons. The number of hydrogen-bond donors (Lipinski definition) is 1. The summed E-state index contributed by atoms with van der Waals surface area (Å²) in [5, 5.41) is 12.0. The van der Waals surface area contributed by atoms with E-state index < -0.39 is 6.10 Å². The summed E-state index contributed by atoms with van der Waals surface area (Å²) in [6, 6.07) is 0. The number of thiazole rings is 1. The highest BCUT2D eigenvalue weighted by Crippen LogP contribution is 2.17. The maximum Gasteiger partial charge on any atom is 0.193 e. The lowest BCUT2D eigenvalue weighted by molar-refractivity contribution is 0.172. The lowest BCUT2D eigenvalue weighted by Gasteiger charge is -2.06. The van der Waals surface area contributed by atoms with Crippen LogP contribution >= 0.6 is 11.3 Å². The van der Waals surface area contributed by atoms with Gasteiger partial charge < -0.3 is 5.11 Å². The lowest BCUT2D eigenvalue weighted by atomic mass is 10.1. The molecule has 0 radical (unpaired) electrons. The molecule has 17 heavy (non-hydrogen) atoms. The summed E-state index contributed by atoms with van der Waals surface area (Å²) in [6.07, 6.45) is 8.40. The molecule has 1 N–H and O–H groups in total. The Balaban J connectivity index is 1.81. The molecule has 6 heteroatoms. The van der Waals surface area contributed by atoms with Gasteiger partial charge in [-0.05, 0) is 0 Å². The van der Waals surface area contributed by atoms with Crippen molar-refractivity contribution in [3.05, 3.63) is 47.8 Å². The molecule has 3 rings (SSSR count). The molecule has 0 saturated heterocycles.